The highest BCUT2D eigenvalue weighted by atomic mass is 16.3. The van der Waals surface area contributed by atoms with Crippen molar-refractivity contribution >= 4 is 11.8 Å². The lowest BCUT2D eigenvalue weighted by Crippen LogP contribution is -2.62. The van der Waals surface area contributed by atoms with E-state index in [1.54, 1.807) is 29.2 Å². The molecule has 0 saturated carbocycles. The van der Waals surface area contributed by atoms with Crippen LogP contribution in [0.5, 0.6) is 5.75 Å². The van der Waals surface area contributed by atoms with Crippen LogP contribution in [0.25, 0.3) is 0 Å². The van der Waals surface area contributed by atoms with Gasteiger partial charge in [-0.1, -0.05) is 12.1 Å². The quantitative estimate of drug-likeness (QED) is 0.737. The van der Waals surface area contributed by atoms with Crippen LogP contribution in [0, 0.1) is 5.41 Å². The molecule has 1 aromatic carbocycles. The zero-order valence-electron chi connectivity index (χ0n) is 13.0. The predicted octanol–water partition coefficient (Wildman–Crippen LogP) is 0.424. The molecule has 3 rings (SSSR count). The van der Waals surface area contributed by atoms with E-state index >= 15 is 0 Å². The van der Waals surface area contributed by atoms with Crippen LogP contribution in [0.4, 0.5) is 0 Å². The van der Waals surface area contributed by atoms with Crippen LogP contribution in [-0.2, 0) is 16.0 Å². The topological polar surface area (TPSA) is 89.9 Å². The molecule has 23 heavy (non-hydrogen) atoms. The fraction of sp³-hybridized carbons (Fsp3) is 0.529. The SMILES string of the molecule is O=C(Cc1ccc(O)cc1)N1CC[C@@H](O)[C@@]2(CCCNC2=O)C1. The van der Waals surface area contributed by atoms with Gasteiger partial charge in [0.1, 0.15) is 5.75 Å². The Balaban J connectivity index is 1.71. The summed E-state index contributed by atoms with van der Waals surface area (Å²) in [7, 11) is 0. The maximum absolute atomic E-state index is 12.5. The number of aliphatic hydroxyl groups excluding tert-OH is 1. The molecule has 2 heterocycles. The predicted molar refractivity (Wildman–Crippen MR) is 83.7 cm³/mol. The number of hydrogen-bond acceptors (Lipinski definition) is 4. The van der Waals surface area contributed by atoms with Gasteiger partial charge in [0.05, 0.1) is 17.9 Å². The van der Waals surface area contributed by atoms with Gasteiger partial charge in [-0.2, -0.15) is 0 Å². The van der Waals surface area contributed by atoms with Crippen molar-refractivity contribution in [1.82, 2.24) is 10.2 Å². The van der Waals surface area contributed by atoms with Crippen molar-refractivity contribution < 1.29 is 19.8 Å². The van der Waals surface area contributed by atoms with Crippen molar-refractivity contribution in [2.45, 2.75) is 31.8 Å². The maximum Gasteiger partial charge on any atom is 0.230 e. The molecule has 124 valence electrons. The van der Waals surface area contributed by atoms with Crippen molar-refractivity contribution in [3.63, 3.8) is 0 Å². The molecule has 0 bridgehead atoms. The third-order valence-corrected chi connectivity index (χ3v) is 4.97. The molecule has 0 aromatic heterocycles. The number of hydrogen-bond donors (Lipinski definition) is 3. The molecule has 2 saturated heterocycles. The van der Waals surface area contributed by atoms with E-state index in [0.29, 0.717) is 25.9 Å². The fourth-order valence-electron chi connectivity index (χ4n) is 3.56. The van der Waals surface area contributed by atoms with Gasteiger partial charge < -0.3 is 20.4 Å². The van der Waals surface area contributed by atoms with Crippen LogP contribution < -0.4 is 5.32 Å². The second-order valence-corrected chi connectivity index (χ2v) is 6.48. The molecular formula is C17H22N2O4. The number of nitrogens with zero attached hydrogens (tertiary/aromatic N) is 1. The van der Waals surface area contributed by atoms with Gasteiger partial charge in [0.15, 0.2) is 0 Å². The minimum atomic E-state index is -0.860. The lowest BCUT2D eigenvalue weighted by molar-refractivity contribution is -0.154. The van der Waals surface area contributed by atoms with Crippen LogP contribution in [0.3, 0.4) is 0 Å². The number of nitrogens with one attached hydrogen (secondary N) is 1. The van der Waals surface area contributed by atoms with E-state index in [1.807, 2.05) is 0 Å². The van der Waals surface area contributed by atoms with E-state index in [9.17, 15) is 19.8 Å². The summed E-state index contributed by atoms with van der Waals surface area (Å²) >= 11 is 0. The van der Waals surface area contributed by atoms with Crippen molar-refractivity contribution in [3.05, 3.63) is 29.8 Å². The summed E-state index contributed by atoms with van der Waals surface area (Å²) < 4.78 is 0. The zero-order chi connectivity index (χ0) is 16.4. The first-order valence-corrected chi connectivity index (χ1v) is 8.03. The first-order valence-electron chi connectivity index (χ1n) is 8.03. The molecule has 2 aliphatic heterocycles. The molecule has 0 aliphatic carbocycles. The van der Waals surface area contributed by atoms with Gasteiger partial charge in [0.25, 0.3) is 0 Å². The standard InChI is InChI=1S/C17H22N2O4/c20-13-4-2-12(3-5-13)10-15(22)19-9-6-14(21)17(11-19)7-1-8-18-16(17)23/h2-5,14,20-21H,1,6-11H2,(H,18,23)/t14-,17-/m1/s1. The Kier molecular flexibility index (Phi) is 4.26. The van der Waals surface area contributed by atoms with Crippen LogP contribution in [-0.4, -0.2) is 52.7 Å². The minimum Gasteiger partial charge on any atom is -0.508 e. The highest BCUT2D eigenvalue weighted by molar-refractivity contribution is 5.86. The number of likely N-dealkylation sites (tertiary alicyclic amines) is 1. The Hall–Kier alpha value is -2.08. The monoisotopic (exact) mass is 318 g/mol. The number of rotatable bonds is 2. The van der Waals surface area contributed by atoms with Gasteiger partial charge >= 0.3 is 0 Å². The first kappa shape index (κ1) is 15.8. The highest BCUT2D eigenvalue weighted by Gasteiger charge is 2.50. The van der Waals surface area contributed by atoms with Gasteiger partial charge in [0, 0.05) is 19.6 Å². The van der Waals surface area contributed by atoms with Gasteiger partial charge in [-0.15, -0.1) is 0 Å². The van der Waals surface area contributed by atoms with Gasteiger partial charge in [-0.3, -0.25) is 9.59 Å². The maximum atomic E-state index is 12.5. The Bertz CT molecular complexity index is 601. The number of carbonyl (C=O) groups excluding carboxylic acids is 2. The number of aromatic hydroxyl groups is 1. The molecule has 6 nitrogen and oxygen atoms in total. The largest absolute Gasteiger partial charge is 0.508 e. The van der Waals surface area contributed by atoms with Crippen LogP contribution in [0.15, 0.2) is 24.3 Å². The summed E-state index contributed by atoms with van der Waals surface area (Å²) in [5.41, 5.74) is -0.0396. The lowest BCUT2D eigenvalue weighted by Gasteiger charge is -2.46. The summed E-state index contributed by atoms with van der Waals surface area (Å²) in [5.74, 6) is -0.0288. The Morgan fingerprint density at radius 2 is 2.09 bits per heavy atom. The third-order valence-electron chi connectivity index (χ3n) is 4.97. The molecule has 3 N–H and O–H groups in total. The van der Waals surface area contributed by atoms with Crippen LogP contribution >= 0.6 is 0 Å². The van der Waals surface area contributed by atoms with Crippen molar-refractivity contribution in [1.29, 1.82) is 0 Å². The molecule has 6 heteroatoms. The number of phenols is 1. The Morgan fingerprint density at radius 3 is 2.78 bits per heavy atom. The third kappa shape index (κ3) is 3.03. The number of carbonyl (C=O) groups is 2. The normalized spacial score (nSPS) is 27.8. The van der Waals surface area contributed by atoms with E-state index in [1.165, 1.54) is 0 Å². The van der Waals surface area contributed by atoms with Crippen LogP contribution in [0.1, 0.15) is 24.8 Å². The molecule has 2 amide bonds. The molecule has 2 fully saturated rings. The van der Waals surface area contributed by atoms with Crippen molar-refractivity contribution in [2.24, 2.45) is 5.41 Å². The summed E-state index contributed by atoms with van der Waals surface area (Å²) in [6.45, 7) is 1.37. The van der Waals surface area contributed by atoms with E-state index in [4.69, 9.17) is 0 Å². The summed E-state index contributed by atoms with van der Waals surface area (Å²) in [4.78, 5) is 26.5. The number of phenolic OH excluding ortho intramolecular Hbond substituents is 1. The van der Waals surface area contributed by atoms with E-state index in [2.05, 4.69) is 5.32 Å². The average molecular weight is 318 g/mol. The summed E-state index contributed by atoms with van der Waals surface area (Å²) in [5, 5.41) is 22.5. The molecular weight excluding hydrogens is 296 g/mol. The minimum absolute atomic E-state index is 0.0552. The number of amides is 2. The van der Waals surface area contributed by atoms with Gasteiger partial charge in [-0.05, 0) is 37.0 Å². The lowest BCUT2D eigenvalue weighted by atomic mass is 9.71. The molecule has 0 radical (unpaired) electrons. The average Bonchev–Trinajstić information content (AvgIpc) is 2.55. The second kappa shape index (κ2) is 6.20. The van der Waals surface area contributed by atoms with E-state index in [-0.39, 0.29) is 30.5 Å². The fourth-order valence-corrected chi connectivity index (χ4v) is 3.56. The number of aliphatic hydroxyl groups is 1. The number of benzene rings is 1. The van der Waals surface area contributed by atoms with E-state index < -0.39 is 11.5 Å². The van der Waals surface area contributed by atoms with Crippen molar-refractivity contribution in [2.75, 3.05) is 19.6 Å². The summed E-state index contributed by atoms with van der Waals surface area (Å²) in [6.07, 6.45) is 1.40. The molecule has 2 aliphatic rings. The molecule has 1 aromatic rings. The van der Waals surface area contributed by atoms with Gasteiger partial charge in [-0.25, -0.2) is 0 Å². The number of piperidine rings is 2. The highest BCUT2D eigenvalue weighted by Crippen LogP contribution is 2.37. The molecule has 1 spiro atoms. The smallest absolute Gasteiger partial charge is 0.230 e. The Labute approximate surface area is 135 Å². The van der Waals surface area contributed by atoms with Crippen LogP contribution in [0.2, 0.25) is 0 Å². The molecule has 0 unspecified atom stereocenters. The van der Waals surface area contributed by atoms with Crippen molar-refractivity contribution in [3.8, 4) is 5.75 Å². The second-order valence-electron chi connectivity index (χ2n) is 6.48. The van der Waals surface area contributed by atoms with E-state index in [0.717, 1.165) is 12.0 Å². The van der Waals surface area contributed by atoms with Gasteiger partial charge in [0.2, 0.25) is 11.8 Å². The first-order chi connectivity index (χ1) is 11.0. The zero-order valence-corrected chi connectivity index (χ0v) is 13.0. The molecule has 2 atom stereocenters. The summed E-state index contributed by atoms with van der Waals surface area (Å²) in [6, 6.07) is 6.54. The Morgan fingerprint density at radius 1 is 1.35 bits per heavy atom.